The number of hydrogen-bond acceptors (Lipinski definition) is 2. The van der Waals surface area contributed by atoms with Crippen molar-refractivity contribution >= 4 is 34.8 Å². The van der Waals surface area contributed by atoms with Crippen LogP contribution in [0.2, 0.25) is 10.0 Å². The maximum atomic E-state index is 12.9. The van der Waals surface area contributed by atoms with Crippen molar-refractivity contribution in [3.05, 3.63) is 96.9 Å². The van der Waals surface area contributed by atoms with Crippen LogP contribution in [-0.4, -0.2) is 10.5 Å². The van der Waals surface area contributed by atoms with Crippen molar-refractivity contribution in [2.75, 3.05) is 5.32 Å². The van der Waals surface area contributed by atoms with Crippen LogP contribution in [0.3, 0.4) is 0 Å². The molecule has 0 unspecified atom stereocenters. The van der Waals surface area contributed by atoms with E-state index in [1.54, 1.807) is 25.1 Å². The highest BCUT2D eigenvalue weighted by molar-refractivity contribution is 6.31. The smallest absolute Gasteiger partial charge is 0.261 e. The first kappa shape index (κ1) is 21.2. The molecule has 1 aromatic heterocycles. The molecule has 0 aliphatic rings. The summed E-state index contributed by atoms with van der Waals surface area (Å²) in [7, 11) is 0. The normalized spacial score (nSPS) is 10.8. The zero-order chi connectivity index (χ0) is 21.1. The largest absolute Gasteiger partial charge is 0.348 e. The van der Waals surface area contributed by atoms with Gasteiger partial charge in [-0.15, -0.1) is 0 Å². The van der Waals surface area contributed by atoms with Crippen molar-refractivity contribution in [3.63, 3.8) is 0 Å². The number of carbonyl (C=O) groups is 1. The van der Waals surface area contributed by atoms with E-state index in [4.69, 9.17) is 23.2 Å². The zero-order valence-corrected chi connectivity index (χ0v) is 18.1. The average Bonchev–Trinajstić information content (AvgIpc) is 2.66. The number of pyridine rings is 1. The molecule has 0 aliphatic heterocycles. The minimum Gasteiger partial charge on any atom is -0.348 e. The fraction of sp³-hybridized carbons (Fsp3) is 0.217. The van der Waals surface area contributed by atoms with Crippen LogP contribution in [0.4, 0.5) is 5.69 Å². The SMILES string of the molecule is Cc1c(Cl)cccc1NC(=O)c1c(C)n(CCc2ccc(Cl)cc2)c(C)cc1=O. The standard InChI is InChI=1S/C23H22Cl2N2O2/c1-14-13-21(28)22(23(29)26-20-6-4-5-19(25)15(20)2)16(3)27(14)12-11-17-7-9-18(24)10-8-17/h4-10,13H,11-12H2,1-3H3,(H,26,29). The summed E-state index contributed by atoms with van der Waals surface area (Å²) in [6.45, 7) is 6.15. The van der Waals surface area contributed by atoms with Crippen LogP contribution in [0.5, 0.6) is 0 Å². The number of rotatable bonds is 5. The van der Waals surface area contributed by atoms with Gasteiger partial charge in [-0.25, -0.2) is 0 Å². The Morgan fingerprint density at radius 3 is 2.41 bits per heavy atom. The van der Waals surface area contributed by atoms with E-state index in [0.29, 0.717) is 28.0 Å². The number of aryl methyl sites for hydroxylation is 2. The number of aromatic nitrogens is 1. The highest BCUT2D eigenvalue weighted by atomic mass is 35.5. The molecule has 0 atom stereocenters. The van der Waals surface area contributed by atoms with Crippen LogP contribution in [0.15, 0.2) is 53.3 Å². The first-order valence-corrected chi connectivity index (χ1v) is 10.1. The van der Waals surface area contributed by atoms with Gasteiger partial charge in [-0.1, -0.05) is 41.4 Å². The van der Waals surface area contributed by atoms with E-state index < -0.39 is 5.91 Å². The van der Waals surface area contributed by atoms with Crippen molar-refractivity contribution in [2.24, 2.45) is 0 Å². The Morgan fingerprint density at radius 1 is 1.03 bits per heavy atom. The van der Waals surface area contributed by atoms with Gasteiger partial charge in [0.05, 0.1) is 0 Å². The van der Waals surface area contributed by atoms with E-state index in [1.807, 2.05) is 42.7 Å². The van der Waals surface area contributed by atoms with Gasteiger partial charge in [-0.2, -0.15) is 0 Å². The van der Waals surface area contributed by atoms with Crippen LogP contribution < -0.4 is 10.7 Å². The summed E-state index contributed by atoms with van der Waals surface area (Å²) < 4.78 is 2.00. The van der Waals surface area contributed by atoms with Gasteiger partial charge in [-0.05, 0) is 62.6 Å². The third-order valence-corrected chi connectivity index (χ3v) is 5.72. The third-order valence-electron chi connectivity index (χ3n) is 5.06. The zero-order valence-electron chi connectivity index (χ0n) is 16.6. The Kier molecular flexibility index (Phi) is 6.46. The second kappa shape index (κ2) is 8.85. The number of nitrogens with one attached hydrogen (secondary N) is 1. The fourth-order valence-corrected chi connectivity index (χ4v) is 3.66. The Hall–Kier alpha value is -2.56. The molecule has 1 amide bonds. The Labute approximate surface area is 180 Å². The van der Waals surface area contributed by atoms with Crippen LogP contribution in [0, 0.1) is 20.8 Å². The van der Waals surface area contributed by atoms with E-state index in [9.17, 15) is 9.59 Å². The number of hydrogen-bond donors (Lipinski definition) is 1. The van der Waals surface area contributed by atoms with E-state index >= 15 is 0 Å². The monoisotopic (exact) mass is 428 g/mol. The van der Waals surface area contributed by atoms with E-state index in [0.717, 1.165) is 23.2 Å². The molecular formula is C23H22Cl2N2O2. The molecule has 0 radical (unpaired) electrons. The molecule has 1 N–H and O–H groups in total. The first-order valence-electron chi connectivity index (χ1n) is 9.30. The summed E-state index contributed by atoms with van der Waals surface area (Å²) in [5.74, 6) is -0.432. The van der Waals surface area contributed by atoms with Gasteiger partial charge in [0, 0.05) is 39.7 Å². The van der Waals surface area contributed by atoms with Gasteiger partial charge in [0.2, 0.25) is 0 Å². The minimum absolute atomic E-state index is 0.145. The number of anilines is 1. The van der Waals surface area contributed by atoms with Gasteiger partial charge in [0.15, 0.2) is 5.43 Å². The number of nitrogens with zero attached hydrogens (tertiary/aromatic N) is 1. The summed E-state index contributed by atoms with van der Waals surface area (Å²) in [5.41, 5.74) is 3.79. The molecule has 0 fully saturated rings. The van der Waals surface area contributed by atoms with E-state index in [1.165, 1.54) is 6.07 Å². The molecule has 3 aromatic rings. The Bertz CT molecular complexity index is 1120. The summed E-state index contributed by atoms with van der Waals surface area (Å²) in [5, 5.41) is 4.08. The van der Waals surface area contributed by atoms with Crippen molar-refractivity contribution in [3.8, 4) is 0 Å². The van der Waals surface area contributed by atoms with Crippen molar-refractivity contribution in [2.45, 2.75) is 33.7 Å². The lowest BCUT2D eigenvalue weighted by Crippen LogP contribution is -2.27. The summed E-state index contributed by atoms with van der Waals surface area (Å²) in [6.07, 6.45) is 0.760. The molecule has 29 heavy (non-hydrogen) atoms. The number of benzene rings is 2. The van der Waals surface area contributed by atoms with Crippen molar-refractivity contribution < 1.29 is 4.79 Å². The number of carbonyl (C=O) groups excluding carboxylic acids is 1. The quantitative estimate of drug-likeness (QED) is 0.576. The highest BCUT2D eigenvalue weighted by Gasteiger charge is 2.18. The molecule has 0 saturated carbocycles. The molecule has 4 nitrogen and oxygen atoms in total. The lowest BCUT2D eigenvalue weighted by atomic mass is 10.1. The predicted octanol–water partition coefficient (Wildman–Crippen LogP) is 5.58. The van der Waals surface area contributed by atoms with Gasteiger partial charge >= 0.3 is 0 Å². The molecule has 6 heteroatoms. The van der Waals surface area contributed by atoms with Crippen molar-refractivity contribution in [1.82, 2.24) is 4.57 Å². The van der Waals surface area contributed by atoms with Gasteiger partial charge in [0.1, 0.15) is 5.56 Å². The average molecular weight is 429 g/mol. The number of halogens is 2. The highest BCUT2D eigenvalue weighted by Crippen LogP contribution is 2.23. The molecule has 1 heterocycles. The predicted molar refractivity (Wildman–Crippen MR) is 119 cm³/mol. The summed E-state index contributed by atoms with van der Waals surface area (Å²) in [4.78, 5) is 25.5. The maximum Gasteiger partial charge on any atom is 0.261 e. The summed E-state index contributed by atoms with van der Waals surface area (Å²) >= 11 is 12.1. The molecule has 0 saturated heterocycles. The first-order chi connectivity index (χ1) is 13.8. The maximum absolute atomic E-state index is 12.9. The second-order valence-corrected chi connectivity index (χ2v) is 7.85. The molecule has 0 bridgehead atoms. The molecule has 0 aliphatic carbocycles. The Balaban J connectivity index is 1.90. The van der Waals surface area contributed by atoms with Gasteiger partial charge < -0.3 is 9.88 Å². The second-order valence-electron chi connectivity index (χ2n) is 7.01. The third kappa shape index (κ3) is 4.72. The van der Waals surface area contributed by atoms with Gasteiger partial charge in [-0.3, -0.25) is 9.59 Å². The van der Waals surface area contributed by atoms with Crippen LogP contribution in [-0.2, 0) is 13.0 Å². The fourth-order valence-electron chi connectivity index (χ4n) is 3.36. The molecule has 150 valence electrons. The lowest BCUT2D eigenvalue weighted by molar-refractivity contribution is 0.102. The molecule has 2 aromatic carbocycles. The van der Waals surface area contributed by atoms with Crippen LogP contribution in [0.1, 0.15) is 32.9 Å². The van der Waals surface area contributed by atoms with Crippen LogP contribution >= 0.6 is 23.2 Å². The molecular weight excluding hydrogens is 407 g/mol. The topological polar surface area (TPSA) is 51.1 Å². The van der Waals surface area contributed by atoms with Crippen molar-refractivity contribution in [1.29, 1.82) is 0 Å². The lowest BCUT2D eigenvalue weighted by Gasteiger charge is -2.18. The van der Waals surface area contributed by atoms with E-state index in [-0.39, 0.29) is 11.0 Å². The Morgan fingerprint density at radius 2 is 1.72 bits per heavy atom. The minimum atomic E-state index is -0.432. The summed E-state index contributed by atoms with van der Waals surface area (Å²) in [6, 6.07) is 14.5. The van der Waals surface area contributed by atoms with E-state index in [2.05, 4.69) is 5.32 Å². The molecule has 3 rings (SSSR count). The van der Waals surface area contributed by atoms with Gasteiger partial charge in [0.25, 0.3) is 5.91 Å². The number of amides is 1. The molecule has 0 spiro atoms. The van der Waals surface area contributed by atoms with Crippen LogP contribution in [0.25, 0.3) is 0 Å².